The van der Waals surface area contributed by atoms with Crippen molar-refractivity contribution in [2.45, 2.75) is 27.2 Å². The first-order valence-electron chi connectivity index (χ1n) is 7.24. The molecule has 21 heavy (non-hydrogen) atoms. The molecule has 0 unspecified atom stereocenters. The second kappa shape index (κ2) is 9.14. The highest BCUT2D eigenvalue weighted by atomic mass is 31.2. The Bertz CT molecular complexity index is 487. The van der Waals surface area contributed by atoms with E-state index >= 15 is 0 Å². The van der Waals surface area contributed by atoms with E-state index in [2.05, 4.69) is 0 Å². The normalized spacial score (nSPS) is 12.7. The Morgan fingerprint density at radius 2 is 1.76 bits per heavy atom. The SMILES string of the molecule is CCOP(=O)(CC=C(C)c1ccc(CCF)cc1)OCC. The summed E-state index contributed by atoms with van der Waals surface area (Å²) in [5.74, 6) is 0. The average Bonchev–Trinajstić information content (AvgIpc) is 2.46. The van der Waals surface area contributed by atoms with Crippen LogP contribution in [-0.4, -0.2) is 26.1 Å². The van der Waals surface area contributed by atoms with Gasteiger partial charge in [0.15, 0.2) is 0 Å². The van der Waals surface area contributed by atoms with Gasteiger partial charge in [-0.1, -0.05) is 30.3 Å². The molecule has 0 bridgehead atoms. The van der Waals surface area contributed by atoms with Gasteiger partial charge < -0.3 is 9.05 Å². The quantitative estimate of drug-likeness (QED) is 0.610. The third-order valence-corrected chi connectivity index (χ3v) is 5.00. The molecule has 1 rings (SSSR count). The number of hydrogen-bond acceptors (Lipinski definition) is 3. The van der Waals surface area contributed by atoms with E-state index in [0.29, 0.717) is 19.6 Å². The van der Waals surface area contributed by atoms with E-state index in [1.165, 1.54) is 0 Å². The summed E-state index contributed by atoms with van der Waals surface area (Å²) in [6.07, 6.45) is 2.57. The molecule has 0 heterocycles. The molecule has 0 N–H and O–H groups in total. The first-order chi connectivity index (χ1) is 10.0. The molecule has 118 valence electrons. The predicted molar refractivity (Wildman–Crippen MR) is 85.5 cm³/mol. The molecule has 0 radical (unpaired) electrons. The molecule has 0 saturated carbocycles. The Kier molecular flexibility index (Phi) is 7.87. The second-order valence-electron chi connectivity index (χ2n) is 4.65. The fourth-order valence-corrected chi connectivity index (χ4v) is 3.52. The van der Waals surface area contributed by atoms with Gasteiger partial charge in [-0.05, 0) is 37.5 Å². The molecule has 5 heteroatoms. The Morgan fingerprint density at radius 3 is 2.24 bits per heavy atom. The summed E-state index contributed by atoms with van der Waals surface area (Å²) in [4.78, 5) is 0. The summed E-state index contributed by atoms with van der Waals surface area (Å²) in [6.45, 7) is 5.92. The van der Waals surface area contributed by atoms with Crippen LogP contribution in [0, 0.1) is 0 Å². The highest BCUT2D eigenvalue weighted by Crippen LogP contribution is 2.48. The fourth-order valence-electron chi connectivity index (χ4n) is 1.95. The zero-order valence-corrected chi connectivity index (χ0v) is 13.9. The van der Waals surface area contributed by atoms with Crippen molar-refractivity contribution in [3.63, 3.8) is 0 Å². The first-order valence-corrected chi connectivity index (χ1v) is 8.97. The van der Waals surface area contributed by atoms with E-state index < -0.39 is 7.60 Å². The zero-order valence-electron chi connectivity index (χ0n) is 13.0. The van der Waals surface area contributed by atoms with Gasteiger partial charge in [-0.15, -0.1) is 0 Å². The van der Waals surface area contributed by atoms with Crippen LogP contribution in [0.1, 0.15) is 31.9 Å². The summed E-state index contributed by atoms with van der Waals surface area (Å²) in [6, 6.07) is 7.72. The average molecular weight is 314 g/mol. The Morgan fingerprint density at radius 1 is 1.19 bits per heavy atom. The lowest BCUT2D eigenvalue weighted by Crippen LogP contribution is -1.99. The van der Waals surface area contributed by atoms with Crippen molar-refractivity contribution in [1.82, 2.24) is 0 Å². The summed E-state index contributed by atoms with van der Waals surface area (Å²) >= 11 is 0. The van der Waals surface area contributed by atoms with Crippen molar-refractivity contribution < 1.29 is 18.0 Å². The van der Waals surface area contributed by atoms with Gasteiger partial charge in [0.25, 0.3) is 0 Å². The van der Waals surface area contributed by atoms with Crippen LogP contribution in [0.3, 0.4) is 0 Å². The molecule has 1 aromatic rings. The number of allylic oxidation sites excluding steroid dienone is 2. The maximum absolute atomic E-state index is 12.4. The number of alkyl halides is 1. The Hall–Kier alpha value is -0.960. The molecule has 0 aliphatic heterocycles. The highest BCUT2D eigenvalue weighted by Gasteiger charge is 2.21. The minimum absolute atomic E-state index is 0.257. The molecule has 3 nitrogen and oxygen atoms in total. The molecule has 0 spiro atoms. The van der Waals surface area contributed by atoms with Crippen molar-refractivity contribution in [1.29, 1.82) is 0 Å². The molecule has 0 amide bonds. The van der Waals surface area contributed by atoms with E-state index in [0.717, 1.165) is 16.7 Å². The molecule has 0 saturated heterocycles. The van der Waals surface area contributed by atoms with Crippen LogP contribution in [0.25, 0.3) is 5.57 Å². The lowest BCUT2D eigenvalue weighted by Gasteiger charge is -2.15. The van der Waals surface area contributed by atoms with Gasteiger partial charge in [0.1, 0.15) is 0 Å². The van der Waals surface area contributed by atoms with E-state index in [-0.39, 0.29) is 12.8 Å². The minimum atomic E-state index is -3.04. The van der Waals surface area contributed by atoms with Crippen molar-refractivity contribution >= 4 is 13.2 Å². The van der Waals surface area contributed by atoms with Crippen LogP contribution in [-0.2, 0) is 20.0 Å². The van der Waals surface area contributed by atoms with Crippen LogP contribution >= 0.6 is 7.60 Å². The van der Waals surface area contributed by atoms with Crippen molar-refractivity contribution in [3.8, 4) is 0 Å². The number of hydrogen-bond donors (Lipinski definition) is 0. The van der Waals surface area contributed by atoms with Crippen LogP contribution in [0.4, 0.5) is 4.39 Å². The monoisotopic (exact) mass is 314 g/mol. The van der Waals surface area contributed by atoms with Crippen LogP contribution in [0.2, 0.25) is 0 Å². The molecule has 0 fully saturated rings. The number of rotatable bonds is 9. The Balaban J connectivity index is 2.76. The molecule has 0 aliphatic rings. The van der Waals surface area contributed by atoms with Crippen molar-refractivity contribution in [3.05, 3.63) is 41.5 Å². The molecule has 0 aliphatic carbocycles. The van der Waals surface area contributed by atoms with E-state index in [9.17, 15) is 8.96 Å². The maximum Gasteiger partial charge on any atom is 0.334 e. The van der Waals surface area contributed by atoms with Crippen LogP contribution in [0.15, 0.2) is 30.3 Å². The standard InChI is InChI=1S/C16H24FO3P/c1-4-19-21(18,20-5-2)13-11-14(3)16-8-6-15(7-9-16)10-12-17/h6-9,11H,4-5,10,12-13H2,1-3H3. The van der Waals surface area contributed by atoms with Gasteiger partial charge in [0, 0.05) is 6.42 Å². The maximum atomic E-state index is 12.4. The van der Waals surface area contributed by atoms with Gasteiger partial charge in [0.05, 0.1) is 26.1 Å². The minimum Gasteiger partial charge on any atom is -0.309 e. The number of benzene rings is 1. The molecule has 1 aromatic carbocycles. The fraction of sp³-hybridized carbons (Fsp3) is 0.500. The molecule has 0 aromatic heterocycles. The van der Waals surface area contributed by atoms with Crippen LogP contribution in [0.5, 0.6) is 0 Å². The summed E-state index contributed by atoms with van der Waals surface area (Å²) in [5, 5.41) is 0. The molecular weight excluding hydrogens is 290 g/mol. The number of halogens is 1. The zero-order chi connectivity index (χ0) is 15.7. The second-order valence-corrected chi connectivity index (χ2v) is 6.76. The largest absolute Gasteiger partial charge is 0.334 e. The lowest BCUT2D eigenvalue weighted by atomic mass is 10.0. The van der Waals surface area contributed by atoms with Crippen LogP contribution < -0.4 is 0 Å². The summed E-state index contributed by atoms with van der Waals surface area (Å²) in [7, 11) is -3.04. The topological polar surface area (TPSA) is 35.5 Å². The van der Waals surface area contributed by atoms with Gasteiger partial charge in [-0.25, -0.2) is 0 Å². The predicted octanol–water partition coefficient (Wildman–Crippen LogP) is 4.87. The highest BCUT2D eigenvalue weighted by molar-refractivity contribution is 7.54. The van der Waals surface area contributed by atoms with Gasteiger partial charge in [0.2, 0.25) is 0 Å². The Labute approximate surface area is 126 Å². The molecule has 0 atom stereocenters. The first kappa shape index (κ1) is 18.1. The van der Waals surface area contributed by atoms with E-state index in [4.69, 9.17) is 9.05 Å². The van der Waals surface area contributed by atoms with Crippen molar-refractivity contribution in [2.75, 3.05) is 26.1 Å². The third kappa shape index (κ3) is 6.13. The van der Waals surface area contributed by atoms with E-state index in [1.54, 1.807) is 13.8 Å². The lowest BCUT2D eigenvalue weighted by molar-refractivity contribution is 0.222. The number of aryl methyl sites for hydroxylation is 1. The summed E-state index contributed by atoms with van der Waals surface area (Å²) in [5.41, 5.74) is 3.00. The van der Waals surface area contributed by atoms with Gasteiger partial charge >= 0.3 is 7.60 Å². The van der Waals surface area contributed by atoms with Gasteiger partial charge in [-0.2, -0.15) is 0 Å². The molecular formula is C16H24FO3P. The summed E-state index contributed by atoms with van der Waals surface area (Å²) < 4.78 is 35.1. The smallest absolute Gasteiger partial charge is 0.309 e. The third-order valence-electron chi connectivity index (χ3n) is 3.07. The van der Waals surface area contributed by atoms with E-state index in [1.807, 2.05) is 37.3 Å². The van der Waals surface area contributed by atoms with Crippen molar-refractivity contribution in [2.24, 2.45) is 0 Å². The van der Waals surface area contributed by atoms with Gasteiger partial charge in [-0.3, -0.25) is 8.96 Å².